The highest BCUT2D eigenvalue weighted by molar-refractivity contribution is 6.02. The van der Waals surface area contributed by atoms with Crippen LogP contribution < -0.4 is 4.90 Å². The molecule has 1 aliphatic rings. The third kappa shape index (κ3) is 1.95. The van der Waals surface area contributed by atoms with Gasteiger partial charge < -0.3 is 9.64 Å². The molecule has 90 valence electrons. The quantitative estimate of drug-likeness (QED) is 0.726. The lowest BCUT2D eigenvalue weighted by Crippen LogP contribution is -2.30. The molecular formula is C12H14N2O3. The summed E-state index contributed by atoms with van der Waals surface area (Å²) in [7, 11) is 3.07. The molecule has 1 aromatic rings. The van der Waals surface area contributed by atoms with Crippen molar-refractivity contribution in [1.82, 2.24) is 4.90 Å². The third-order valence-corrected chi connectivity index (χ3v) is 2.82. The van der Waals surface area contributed by atoms with Crippen LogP contribution in [0.25, 0.3) is 0 Å². The average Bonchev–Trinajstić information content (AvgIpc) is 2.69. The van der Waals surface area contributed by atoms with Crippen LogP contribution in [0.3, 0.4) is 0 Å². The average molecular weight is 234 g/mol. The number of ether oxygens (including phenoxy) is 1. The van der Waals surface area contributed by atoms with E-state index in [0.717, 1.165) is 0 Å². The highest BCUT2D eigenvalue weighted by atomic mass is 16.5. The van der Waals surface area contributed by atoms with Gasteiger partial charge in [-0.25, -0.2) is 9.59 Å². The predicted octanol–water partition coefficient (Wildman–Crippen LogP) is 1.34. The fourth-order valence-electron chi connectivity index (χ4n) is 1.86. The molecule has 1 aliphatic heterocycles. The Labute approximate surface area is 99.6 Å². The van der Waals surface area contributed by atoms with Gasteiger partial charge in [0.15, 0.2) is 0 Å². The number of carbonyl (C=O) groups excluding carboxylic acids is 2. The van der Waals surface area contributed by atoms with Gasteiger partial charge in [-0.1, -0.05) is 12.1 Å². The van der Waals surface area contributed by atoms with E-state index in [0.29, 0.717) is 24.3 Å². The van der Waals surface area contributed by atoms with E-state index in [9.17, 15) is 9.59 Å². The number of anilines is 1. The molecule has 5 nitrogen and oxygen atoms in total. The molecule has 1 aromatic carbocycles. The van der Waals surface area contributed by atoms with E-state index in [-0.39, 0.29) is 6.03 Å². The molecule has 0 bridgehead atoms. The summed E-state index contributed by atoms with van der Waals surface area (Å²) >= 11 is 0. The first kappa shape index (κ1) is 11.4. The number of hydrogen-bond donors (Lipinski definition) is 0. The monoisotopic (exact) mass is 234 g/mol. The lowest BCUT2D eigenvalue weighted by atomic mass is 10.1. The van der Waals surface area contributed by atoms with Crippen LogP contribution >= 0.6 is 0 Å². The Balaban J connectivity index is 2.39. The minimum Gasteiger partial charge on any atom is -0.465 e. The second-order valence-corrected chi connectivity index (χ2v) is 3.86. The Hall–Kier alpha value is -2.04. The second-order valence-electron chi connectivity index (χ2n) is 3.86. The van der Waals surface area contributed by atoms with Crippen molar-refractivity contribution in [3.63, 3.8) is 0 Å². The normalized spacial score (nSPS) is 15.3. The van der Waals surface area contributed by atoms with Gasteiger partial charge in [0.2, 0.25) is 0 Å². The summed E-state index contributed by atoms with van der Waals surface area (Å²) in [6.07, 6.45) is 0. The van der Waals surface area contributed by atoms with Gasteiger partial charge in [0, 0.05) is 20.1 Å². The van der Waals surface area contributed by atoms with Gasteiger partial charge in [-0.3, -0.25) is 4.90 Å². The first-order chi connectivity index (χ1) is 8.15. The maximum absolute atomic E-state index is 11.9. The Bertz CT molecular complexity index is 459. The van der Waals surface area contributed by atoms with Gasteiger partial charge in [0.1, 0.15) is 0 Å². The lowest BCUT2D eigenvalue weighted by molar-refractivity contribution is 0.0601. The molecule has 1 heterocycles. The lowest BCUT2D eigenvalue weighted by Gasteiger charge is -2.18. The molecule has 2 amide bonds. The van der Waals surface area contributed by atoms with E-state index in [4.69, 9.17) is 4.74 Å². The van der Waals surface area contributed by atoms with Crippen molar-refractivity contribution < 1.29 is 14.3 Å². The largest absolute Gasteiger partial charge is 0.465 e. The minimum atomic E-state index is -0.428. The summed E-state index contributed by atoms with van der Waals surface area (Å²) in [5.74, 6) is -0.428. The molecular weight excluding hydrogens is 220 g/mol. The van der Waals surface area contributed by atoms with Crippen molar-refractivity contribution in [3.05, 3.63) is 29.8 Å². The van der Waals surface area contributed by atoms with Gasteiger partial charge >= 0.3 is 12.0 Å². The smallest absolute Gasteiger partial charge is 0.339 e. The molecule has 17 heavy (non-hydrogen) atoms. The van der Waals surface area contributed by atoms with Crippen LogP contribution in [0.2, 0.25) is 0 Å². The Kier molecular flexibility index (Phi) is 2.99. The Morgan fingerprint density at radius 3 is 2.59 bits per heavy atom. The van der Waals surface area contributed by atoms with Gasteiger partial charge in [0.25, 0.3) is 0 Å². The fraction of sp³-hybridized carbons (Fsp3) is 0.333. The number of benzene rings is 1. The van der Waals surface area contributed by atoms with Crippen molar-refractivity contribution in [2.75, 3.05) is 32.1 Å². The molecule has 0 N–H and O–H groups in total. The zero-order chi connectivity index (χ0) is 12.4. The van der Waals surface area contributed by atoms with E-state index < -0.39 is 5.97 Å². The van der Waals surface area contributed by atoms with Crippen molar-refractivity contribution >= 4 is 17.7 Å². The maximum Gasteiger partial charge on any atom is 0.339 e. The first-order valence-corrected chi connectivity index (χ1v) is 5.35. The van der Waals surface area contributed by atoms with Crippen molar-refractivity contribution in [2.24, 2.45) is 0 Å². The van der Waals surface area contributed by atoms with Crippen LogP contribution in [-0.2, 0) is 4.74 Å². The van der Waals surface area contributed by atoms with Crippen molar-refractivity contribution in [2.45, 2.75) is 0 Å². The second kappa shape index (κ2) is 4.45. The molecule has 2 rings (SSSR count). The SMILES string of the molecule is COC(=O)c1ccccc1N1CCN(C)C1=O. The number of amides is 2. The molecule has 0 spiro atoms. The van der Waals surface area contributed by atoms with E-state index >= 15 is 0 Å². The summed E-state index contributed by atoms with van der Waals surface area (Å²) in [6, 6.07) is 6.87. The van der Waals surface area contributed by atoms with Crippen LogP contribution in [0.15, 0.2) is 24.3 Å². The summed E-state index contributed by atoms with van der Waals surface area (Å²) in [5, 5.41) is 0. The molecule has 0 aliphatic carbocycles. The number of rotatable bonds is 2. The van der Waals surface area contributed by atoms with Crippen LogP contribution in [0, 0.1) is 0 Å². The van der Waals surface area contributed by atoms with Gasteiger partial charge in [-0.2, -0.15) is 0 Å². The summed E-state index contributed by atoms with van der Waals surface area (Å²) < 4.78 is 4.71. The maximum atomic E-state index is 11.9. The van der Waals surface area contributed by atoms with Crippen LogP contribution in [0.4, 0.5) is 10.5 Å². The van der Waals surface area contributed by atoms with Gasteiger partial charge in [-0.05, 0) is 12.1 Å². The van der Waals surface area contributed by atoms with E-state index in [2.05, 4.69) is 0 Å². The standard InChI is InChI=1S/C12H14N2O3/c1-13-7-8-14(12(13)16)10-6-4-3-5-9(10)11(15)17-2/h3-6H,7-8H2,1-2H3. The molecule has 1 fully saturated rings. The fourth-order valence-corrected chi connectivity index (χ4v) is 1.86. The summed E-state index contributed by atoms with van der Waals surface area (Å²) in [6.45, 7) is 1.25. The molecule has 0 atom stereocenters. The van der Waals surface area contributed by atoms with E-state index in [1.807, 2.05) is 0 Å². The number of carbonyl (C=O) groups is 2. The number of hydrogen-bond acceptors (Lipinski definition) is 3. The molecule has 0 aromatic heterocycles. The zero-order valence-electron chi connectivity index (χ0n) is 9.84. The molecule has 1 saturated heterocycles. The number of para-hydroxylation sites is 1. The highest BCUT2D eigenvalue weighted by Crippen LogP contribution is 2.24. The topological polar surface area (TPSA) is 49.9 Å². The highest BCUT2D eigenvalue weighted by Gasteiger charge is 2.29. The van der Waals surface area contributed by atoms with Crippen molar-refractivity contribution in [1.29, 1.82) is 0 Å². The number of urea groups is 1. The van der Waals surface area contributed by atoms with Gasteiger partial charge in [0.05, 0.1) is 18.4 Å². The van der Waals surface area contributed by atoms with E-state index in [1.54, 1.807) is 41.1 Å². The third-order valence-electron chi connectivity index (χ3n) is 2.82. The minimum absolute atomic E-state index is 0.0960. The predicted molar refractivity (Wildman–Crippen MR) is 63.2 cm³/mol. The zero-order valence-corrected chi connectivity index (χ0v) is 9.84. The van der Waals surface area contributed by atoms with Crippen molar-refractivity contribution in [3.8, 4) is 0 Å². The molecule has 0 radical (unpaired) electrons. The van der Waals surface area contributed by atoms with Gasteiger partial charge in [-0.15, -0.1) is 0 Å². The summed E-state index contributed by atoms with van der Waals surface area (Å²) in [5.41, 5.74) is 1.02. The first-order valence-electron chi connectivity index (χ1n) is 5.35. The molecule has 0 saturated carbocycles. The number of esters is 1. The Morgan fingerprint density at radius 1 is 1.29 bits per heavy atom. The van der Waals surface area contributed by atoms with E-state index in [1.165, 1.54) is 7.11 Å². The number of methoxy groups -OCH3 is 1. The number of nitrogens with zero attached hydrogens (tertiary/aromatic N) is 2. The Morgan fingerprint density at radius 2 is 2.00 bits per heavy atom. The van der Waals surface area contributed by atoms with Crippen LogP contribution in [-0.4, -0.2) is 44.1 Å². The van der Waals surface area contributed by atoms with Crippen LogP contribution in [0.5, 0.6) is 0 Å². The molecule has 0 unspecified atom stereocenters. The number of likely N-dealkylation sites (N-methyl/N-ethyl adjacent to an activating group) is 1. The summed E-state index contributed by atoms with van der Waals surface area (Å²) in [4.78, 5) is 26.7. The molecule has 5 heteroatoms. The van der Waals surface area contributed by atoms with Crippen LogP contribution in [0.1, 0.15) is 10.4 Å².